The van der Waals surface area contributed by atoms with Crippen molar-refractivity contribution < 1.29 is 14.4 Å². The van der Waals surface area contributed by atoms with Gasteiger partial charge in [0.1, 0.15) is 5.75 Å². The second-order valence-corrected chi connectivity index (χ2v) is 6.32. The van der Waals surface area contributed by atoms with Crippen LogP contribution in [0.2, 0.25) is 5.02 Å². The minimum absolute atomic E-state index is 0.118. The highest BCUT2D eigenvalue weighted by Crippen LogP contribution is 2.24. The SMILES string of the molecule is O=C(Nc1cnc(-c2cccc(O)c2)nc1)c1cc(-c2cccc(Cl)c2)on1. The van der Waals surface area contributed by atoms with Gasteiger partial charge in [0.25, 0.3) is 5.91 Å². The van der Waals surface area contributed by atoms with Crippen molar-refractivity contribution in [1.29, 1.82) is 0 Å². The fourth-order valence-electron chi connectivity index (χ4n) is 2.54. The van der Waals surface area contributed by atoms with E-state index in [1.165, 1.54) is 18.5 Å². The smallest absolute Gasteiger partial charge is 0.277 e. The Morgan fingerprint density at radius 3 is 2.50 bits per heavy atom. The molecule has 0 atom stereocenters. The molecular formula is C20H13ClN4O3. The summed E-state index contributed by atoms with van der Waals surface area (Å²) in [6.45, 7) is 0. The molecule has 0 saturated carbocycles. The molecule has 2 N–H and O–H groups in total. The van der Waals surface area contributed by atoms with E-state index in [0.717, 1.165) is 5.56 Å². The third kappa shape index (κ3) is 3.84. The molecule has 0 bridgehead atoms. The first-order chi connectivity index (χ1) is 13.6. The second kappa shape index (κ2) is 7.50. The molecule has 0 spiro atoms. The largest absolute Gasteiger partial charge is 0.508 e. The van der Waals surface area contributed by atoms with Crippen LogP contribution >= 0.6 is 11.6 Å². The first-order valence-electron chi connectivity index (χ1n) is 8.24. The van der Waals surface area contributed by atoms with Crippen LogP contribution in [0.4, 0.5) is 5.69 Å². The maximum absolute atomic E-state index is 12.4. The van der Waals surface area contributed by atoms with Crippen molar-refractivity contribution in [2.45, 2.75) is 0 Å². The van der Waals surface area contributed by atoms with Gasteiger partial charge in [-0.1, -0.05) is 41.0 Å². The van der Waals surface area contributed by atoms with Crippen molar-refractivity contribution in [3.8, 4) is 28.5 Å². The number of nitrogens with zero attached hydrogens (tertiary/aromatic N) is 3. The number of carbonyl (C=O) groups excluding carboxylic acids is 1. The summed E-state index contributed by atoms with van der Waals surface area (Å²) in [6.07, 6.45) is 2.95. The number of benzene rings is 2. The number of phenolic OH excluding ortho intramolecular Hbond substituents is 1. The number of hydrogen-bond donors (Lipinski definition) is 2. The Morgan fingerprint density at radius 2 is 1.75 bits per heavy atom. The van der Waals surface area contributed by atoms with Gasteiger partial charge < -0.3 is 14.9 Å². The quantitative estimate of drug-likeness (QED) is 0.533. The van der Waals surface area contributed by atoms with Crippen LogP contribution in [0, 0.1) is 0 Å². The molecule has 2 aromatic carbocycles. The molecule has 0 radical (unpaired) electrons. The molecule has 4 rings (SSSR count). The normalized spacial score (nSPS) is 10.6. The fourth-order valence-corrected chi connectivity index (χ4v) is 2.73. The first kappa shape index (κ1) is 17.7. The number of rotatable bonds is 4. The highest BCUT2D eigenvalue weighted by molar-refractivity contribution is 6.30. The van der Waals surface area contributed by atoms with Crippen LogP contribution in [0.15, 0.2) is 71.5 Å². The standard InChI is InChI=1S/C20H13ClN4O3/c21-14-5-1-3-12(7-14)18-9-17(25-28-18)20(27)24-15-10-22-19(23-11-15)13-4-2-6-16(26)8-13/h1-11,26H,(H,24,27). The van der Waals surface area contributed by atoms with E-state index in [9.17, 15) is 9.90 Å². The van der Waals surface area contributed by atoms with Gasteiger partial charge in [0.2, 0.25) is 0 Å². The summed E-state index contributed by atoms with van der Waals surface area (Å²) >= 11 is 5.97. The van der Waals surface area contributed by atoms with Gasteiger partial charge in [-0.3, -0.25) is 4.79 Å². The summed E-state index contributed by atoms with van der Waals surface area (Å²) in [6, 6.07) is 15.2. The van der Waals surface area contributed by atoms with Gasteiger partial charge in [-0.2, -0.15) is 0 Å². The lowest BCUT2D eigenvalue weighted by Gasteiger charge is -2.04. The summed E-state index contributed by atoms with van der Waals surface area (Å²) in [5.41, 5.74) is 1.91. The number of halogens is 1. The summed E-state index contributed by atoms with van der Waals surface area (Å²) < 4.78 is 5.23. The molecule has 2 aromatic heterocycles. The highest BCUT2D eigenvalue weighted by Gasteiger charge is 2.15. The van der Waals surface area contributed by atoms with Gasteiger partial charge in [0.05, 0.1) is 18.1 Å². The minimum Gasteiger partial charge on any atom is -0.508 e. The zero-order chi connectivity index (χ0) is 19.5. The third-order valence-corrected chi connectivity index (χ3v) is 4.10. The highest BCUT2D eigenvalue weighted by atomic mass is 35.5. The number of hydrogen-bond acceptors (Lipinski definition) is 6. The molecule has 138 valence electrons. The van der Waals surface area contributed by atoms with E-state index >= 15 is 0 Å². The number of carbonyl (C=O) groups is 1. The topological polar surface area (TPSA) is 101 Å². The first-order valence-corrected chi connectivity index (χ1v) is 8.62. The maximum atomic E-state index is 12.4. The van der Waals surface area contributed by atoms with Crippen LogP contribution in [0.3, 0.4) is 0 Å². The van der Waals surface area contributed by atoms with Crippen LogP contribution in [0.5, 0.6) is 5.75 Å². The Balaban J connectivity index is 1.48. The molecule has 0 fully saturated rings. The Bertz CT molecular complexity index is 1140. The summed E-state index contributed by atoms with van der Waals surface area (Å²) in [5, 5.41) is 16.6. The van der Waals surface area contributed by atoms with Gasteiger partial charge >= 0.3 is 0 Å². The Morgan fingerprint density at radius 1 is 1.00 bits per heavy atom. The van der Waals surface area contributed by atoms with Crippen molar-refractivity contribution in [3.63, 3.8) is 0 Å². The predicted octanol–water partition coefficient (Wildman–Crippen LogP) is 4.41. The number of aromatic hydroxyl groups is 1. The molecule has 2 heterocycles. The molecule has 0 aliphatic carbocycles. The molecule has 0 aliphatic rings. The van der Waals surface area contributed by atoms with E-state index in [0.29, 0.717) is 27.9 Å². The average Bonchev–Trinajstić information content (AvgIpc) is 3.19. The molecule has 0 unspecified atom stereocenters. The number of aromatic nitrogens is 3. The van der Waals surface area contributed by atoms with Gasteiger partial charge in [0.15, 0.2) is 17.3 Å². The lowest BCUT2D eigenvalue weighted by Crippen LogP contribution is -2.12. The fraction of sp³-hybridized carbons (Fsp3) is 0. The Hall–Kier alpha value is -3.71. The van der Waals surface area contributed by atoms with Crippen LogP contribution in [-0.2, 0) is 0 Å². The van der Waals surface area contributed by atoms with E-state index in [1.54, 1.807) is 42.5 Å². The third-order valence-electron chi connectivity index (χ3n) is 3.87. The Labute approximate surface area is 164 Å². The molecule has 4 aromatic rings. The van der Waals surface area contributed by atoms with Gasteiger partial charge in [0, 0.05) is 22.2 Å². The lowest BCUT2D eigenvalue weighted by molar-refractivity contribution is 0.101. The second-order valence-electron chi connectivity index (χ2n) is 5.89. The number of anilines is 1. The van der Waals surface area contributed by atoms with Crippen molar-refractivity contribution in [2.24, 2.45) is 0 Å². The minimum atomic E-state index is -0.453. The zero-order valence-corrected chi connectivity index (χ0v) is 15.1. The number of nitrogens with one attached hydrogen (secondary N) is 1. The molecule has 0 aliphatic heterocycles. The van der Waals surface area contributed by atoms with E-state index in [1.807, 2.05) is 6.07 Å². The molecule has 7 nitrogen and oxygen atoms in total. The van der Waals surface area contributed by atoms with Crippen molar-refractivity contribution in [1.82, 2.24) is 15.1 Å². The number of amides is 1. The van der Waals surface area contributed by atoms with Crippen LogP contribution < -0.4 is 5.32 Å². The molecule has 28 heavy (non-hydrogen) atoms. The summed E-state index contributed by atoms with van der Waals surface area (Å²) in [5.74, 6) is 0.535. The van der Waals surface area contributed by atoms with E-state index < -0.39 is 5.91 Å². The van der Waals surface area contributed by atoms with E-state index in [-0.39, 0.29) is 11.4 Å². The van der Waals surface area contributed by atoms with Gasteiger partial charge in [-0.25, -0.2) is 9.97 Å². The summed E-state index contributed by atoms with van der Waals surface area (Å²) in [7, 11) is 0. The molecule has 1 amide bonds. The van der Waals surface area contributed by atoms with Crippen molar-refractivity contribution in [2.75, 3.05) is 5.32 Å². The molecule has 8 heteroatoms. The van der Waals surface area contributed by atoms with Crippen LogP contribution in [0.1, 0.15) is 10.5 Å². The molecule has 0 saturated heterocycles. The van der Waals surface area contributed by atoms with Crippen molar-refractivity contribution in [3.05, 3.63) is 77.7 Å². The monoisotopic (exact) mass is 392 g/mol. The molecular weight excluding hydrogens is 380 g/mol. The van der Waals surface area contributed by atoms with Crippen molar-refractivity contribution >= 4 is 23.2 Å². The number of phenols is 1. The van der Waals surface area contributed by atoms with Gasteiger partial charge in [-0.15, -0.1) is 0 Å². The van der Waals surface area contributed by atoms with Crippen LogP contribution in [-0.4, -0.2) is 26.1 Å². The maximum Gasteiger partial charge on any atom is 0.277 e. The van der Waals surface area contributed by atoms with Gasteiger partial charge in [-0.05, 0) is 24.3 Å². The van der Waals surface area contributed by atoms with E-state index in [4.69, 9.17) is 16.1 Å². The lowest BCUT2D eigenvalue weighted by atomic mass is 10.1. The average molecular weight is 393 g/mol. The predicted molar refractivity (Wildman–Crippen MR) is 104 cm³/mol. The summed E-state index contributed by atoms with van der Waals surface area (Å²) in [4.78, 5) is 20.8. The van der Waals surface area contributed by atoms with E-state index in [2.05, 4.69) is 20.4 Å². The van der Waals surface area contributed by atoms with Crippen LogP contribution in [0.25, 0.3) is 22.7 Å². The zero-order valence-electron chi connectivity index (χ0n) is 14.3. The Kier molecular flexibility index (Phi) is 4.74.